The molecule has 0 N–H and O–H groups in total. The van der Waals surface area contributed by atoms with Crippen LogP contribution in [0.3, 0.4) is 0 Å². The minimum atomic E-state index is -0.325. The van der Waals surface area contributed by atoms with Gasteiger partial charge in [-0.15, -0.1) is 0 Å². The molecule has 0 saturated carbocycles. The summed E-state index contributed by atoms with van der Waals surface area (Å²) >= 11 is 0. The standard InChI is InChI=1S/C15H26O3/c1-5-7-12-18-14(6-2)10-8-13(3)9-11-15(16)17-4/h8-9,11,14H,5-7,10,12H2,1-4H3/b11-9+,13-8+/t14-/m0/s1. The fourth-order valence-corrected chi connectivity index (χ4v) is 1.40. The molecule has 104 valence electrons. The molecule has 0 saturated heterocycles. The average Bonchev–Trinajstić information content (AvgIpc) is 2.39. The van der Waals surface area contributed by atoms with E-state index in [1.54, 1.807) is 6.08 Å². The minimum absolute atomic E-state index is 0.276. The molecule has 0 aliphatic carbocycles. The van der Waals surface area contributed by atoms with E-state index in [1.165, 1.54) is 13.2 Å². The monoisotopic (exact) mass is 254 g/mol. The van der Waals surface area contributed by atoms with Crippen LogP contribution in [0.5, 0.6) is 0 Å². The van der Waals surface area contributed by atoms with Gasteiger partial charge in [0.2, 0.25) is 0 Å². The van der Waals surface area contributed by atoms with Crippen molar-refractivity contribution in [2.75, 3.05) is 13.7 Å². The summed E-state index contributed by atoms with van der Waals surface area (Å²) in [6.07, 6.45) is 9.74. The van der Waals surface area contributed by atoms with Crippen LogP contribution in [0.25, 0.3) is 0 Å². The zero-order valence-corrected chi connectivity index (χ0v) is 12.1. The lowest BCUT2D eigenvalue weighted by molar-refractivity contribution is -0.134. The molecule has 0 fully saturated rings. The molecule has 3 heteroatoms. The Kier molecular flexibility index (Phi) is 10.4. The van der Waals surface area contributed by atoms with Gasteiger partial charge >= 0.3 is 5.97 Å². The first-order valence-corrected chi connectivity index (χ1v) is 6.68. The van der Waals surface area contributed by atoms with Crippen LogP contribution in [0.15, 0.2) is 23.8 Å². The third-order valence-electron chi connectivity index (χ3n) is 2.69. The molecule has 0 unspecified atom stereocenters. The van der Waals surface area contributed by atoms with Crippen LogP contribution in [0, 0.1) is 0 Å². The second-order valence-electron chi connectivity index (χ2n) is 4.29. The molecule has 0 heterocycles. The highest BCUT2D eigenvalue weighted by molar-refractivity contribution is 5.82. The van der Waals surface area contributed by atoms with Crippen LogP contribution in [0.2, 0.25) is 0 Å². The van der Waals surface area contributed by atoms with Gasteiger partial charge in [0.25, 0.3) is 0 Å². The molecule has 0 aliphatic rings. The van der Waals surface area contributed by atoms with Crippen molar-refractivity contribution in [1.82, 2.24) is 0 Å². The van der Waals surface area contributed by atoms with Crippen LogP contribution in [0.4, 0.5) is 0 Å². The number of carbonyl (C=O) groups is 1. The van der Waals surface area contributed by atoms with Gasteiger partial charge in [0, 0.05) is 12.7 Å². The summed E-state index contributed by atoms with van der Waals surface area (Å²) in [4.78, 5) is 10.9. The molecule has 1 atom stereocenters. The number of carbonyl (C=O) groups excluding carboxylic acids is 1. The van der Waals surface area contributed by atoms with Crippen molar-refractivity contribution in [2.45, 2.75) is 52.6 Å². The predicted octanol–water partition coefficient (Wildman–Crippen LogP) is 3.65. The van der Waals surface area contributed by atoms with E-state index in [0.717, 1.165) is 37.9 Å². The molecule has 0 spiro atoms. The third kappa shape index (κ3) is 8.99. The van der Waals surface area contributed by atoms with Gasteiger partial charge < -0.3 is 9.47 Å². The Morgan fingerprint density at radius 3 is 2.56 bits per heavy atom. The summed E-state index contributed by atoms with van der Waals surface area (Å²) in [6.45, 7) is 7.09. The van der Waals surface area contributed by atoms with Crippen molar-refractivity contribution < 1.29 is 14.3 Å². The highest BCUT2D eigenvalue weighted by atomic mass is 16.5. The van der Waals surface area contributed by atoms with Gasteiger partial charge in [0.15, 0.2) is 0 Å². The topological polar surface area (TPSA) is 35.5 Å². The van der Waals surface area contributed by atoms with Gasteiger partial charge in [0.1, 0.15) is 0 Å². The highest BCUT2D eigenvalue weighted by Gasteiger charge is 2.03. The second kappa shape index (κ2) is 11.0. The van der Waals surface area contributed by atoms with E-state index < -0.39 is 0 Å². The van der Waals surface area contributed by atoms with E-state index in [9.17, 15) is 4.79 Å². The van der Waals surface area contributed by atoms with Crippen LogP contribution in [-0.4, -0.2) is 25.8 Å². The fraction of sp³-hybridized carbons (Fsp3) is 0.667. The van der Waals surface area contributed by atoms with Crippen LogP contribution in [-0.2, 0) is 14.3 Å². The molecule has 0 rings (SSSR count). The molecule has 0 bridgehead atoms. The Balaban J connectivity index is 4.07. The van der Waals surface area contributed by atoms with Crippen LogP contribution < -0.4 is 0 Å². The molecule has 0 aliphatic heterocycles. The quantitative estimate of drug-likeness (QED) is 0.273. The number of hydrogen-bond donors (Lipinski definition) is 0. The summed E-state index contributed by atoms with van der Waals surface area (Å²) in [5, 5.41) is 0. The van der Waals surface area contributed by atoms with Crippen LogP contribution in [0.1, 0.15) is 46.5 Å². The normalized spacial score (nSPS) is 13.9. The Hall–Kier alpha value is -1.09. The van der Waals surface area contributed by atoms with Crippen molar-refractivity contribution >= 4 is 5.97 Å². The van der Waals surface area contributed by atoms with E-state index in [-0.39, 0.29) is 12.1 Å². The minimum Gasteiger partial charge on any atom is -0.466 e. The van der Waals surface area contributed by atoms with E-state index in [1.807, 2.05) is 6.92 Å². The van der Waals surface area contributed by atoms with Gasteiger partial charge in [-0.05, 0) is 26.2 Å². The van der Waals surface area contributed by atoms with E-state index in [4.69, 9.17) is 4.74 Å². The van der Waals surface area contributed by atoms with Crippen molar-refractivity contribution in [2.24, 2.45) is 0 Å². The Bertz CT molecular complexity index is 279. The Morgan fingerprint density at radius 1 is 1.28 bits per heavy atom. The maximum Gasteiger partial charge on any atom is 0.330 e. The van der Waals surface area contributed by atoms with Gasteiger partial charge in [0.05, 0.1) is 13.2 Å². The molecule has 0 radical (unpaired) electrons. The number of unbranched alkanes of at least 4 members (excludes halogenated alkanes) is 1. The Morgan fingerprint density at radius 2 is 2.00 bits per heavy atom. The maximum absolute atomic E-state index is 10.9. The van der Waals surface area contributed by atoms with Crippen molar-refractivity contribution in [1.29, 1.82) is 0 Å². The first-order valence-electron chi connectivity index (χ1n) is 6.68. The number of methoxy groups -OCH3 is 1. The van der Waals surface area contributed by atoms with Gasteiger partial charge in [-0.25, -0.2) is 4.79 Å². The Labute approximate surface area is 111 Å². The summed E-state index contributed by atoms with van der Waals surface area (Å²) in [5.74, 6) is -0.325. The lowest BCUT2D eigenvalue weighted by atomic mass is 10.1. The largest absolute Gasteiger partial charge is 0.466 e. The predicted molar refractivity (Wildman–Crippen MR) is 74.5 cm³/mol. The molecule has 3 nitrogen and oxygen atoms in total. The lowest BCUT2D eigenvalue weighted by Crippen LogP contribution is -2.11. The first kappa shape index (κ1) is 16.9. The van der Waals surface area contributed by atoms with E-state index >= 15 is 0 Å². The number of ether oxygens (including phenoxy) is 2. The highest BCUT2D eigenvalue weighted by Crippen LogP contribution is 2.08. The third-order valence-corrected chi connectivity index (χ3v) is 2.69. The van der Waals surface area contributed by atoms with E-state index in [2.05, 4.69) is 24.7 Å². The van der Waals surface area contributed by atoms with Gasteiger partial charge in [-0.3, -0.25) is 0 Å². The van der Waals surface area contributed by atoms with Gasteiger partial charge in [-0.1, -0.05) is 38.0 Å². The molecule has 0 amide bonds. The first-order chi connectivity index (χ1) is 8.63. The number of hydrogen-bond acceptors (Lipinski definition) is 3. The molecule has 0 aromatic carbocycles. The second-order valence-corrected chi connectivity index (χ2v) is 4.29. The molecular formula is C15H26O3. The van der Waals surface area contributed by atoms with Crippen LogP contribution >= 0.6 is 0 Å². The van der Waals surface area contributed by atoms with Gasteiger partial charge in [-0.2, -0.15) is 0 Å². The van der Waals surface area contributed by atoms with Crippen molar-refractivity contribution in [3.05, 3.63) is 23.8 Å². The van der Waals surface area contributed by atoms with E-state index in [0.29, 0.717) is 0 Å². The zero-order valence-electron chi connectivity index (χ0n) is 12.1. The molecule has 0 aromatic rings. The average molecular weight is 254 g/mol. The fourth-order valence-electron chi connectivity index (χ4n) is 1.40. The number of esters is 1. The number of rotatable bonds is 9. The smallest absolute Gasteiger partial charge is 0.330 e. The number of allylic oxidation sites excluding steroid dienone is 2. The summed E-state index contributed by atoms with van der Waals surface area (Å²) in [7, 11) is 1.38. The molecule has 18 heavy (non-hydrogen) atoms. The van der Waals surface area contributed by atoms with Crippen molar-refractivity contribution in [3.63, 3.8) is 0 Å². The summed E-state index contributed by atoms with van der Waals surface area (Å²) in [5.41, 5.74) is 1.05. The summed E-state index contributed by atoms with van der Waals surface area (Å²) in [6, 6.07) is 0. The summed E-state index contributed by atoms with van der Waals surface area (Å²) < 4.78 is 10.3. The zero-order chi connectivity index (χ0) is 13.8. The van der Waals surface area contributed by atoms with Crippen molar-refractivity contribution in [3.8, 4) is 0 Å². The lowest BCUT2D eigenvalue weighted by Gasteiger charge is -2.14. The molecular weight excluding hydrogens is 228 g/mol. The SMILES string of the molecule is CCCCO[C@@H](CC)C/C=C(C)/C=C/C(=O)OC. The molecule has 0 aromatic heterocycles. The maximum atomic E-state index is 10.9.